The Bertz CT molecular complexity index is 837. The molecule has 0 radical (unpaired) electrons. The first-order valence-corrected chi connectivity index (χ1v) is 12.5. The second kappa shape index (κ2) is 6.48. The van der Waals surface area contributed by atoms with Crippen molar-refractivity contribution in [3.8, 4) is 0 Å². The van der Waals surface area contributed by atoms with Gasteiger partial charge >= 0.3 is 5.97 Å². The third-order valence-electron chi connectivity index (χ3n) is 11.3. The van der Waals surface area contributed by atoms with Gasteiger partial charge in [0.2, 0.25) is 0 Å². The molecule has 32 heavy (non-hydrogen) atoms. The quantitative estimate of drug-likeness (QED) is 0.630. The van der Waals surface area contributed by atoms with Crippen molar-refractivity contribution >= 4 is 5.97 Å². The largest absolute Gasteiger partial charge is 0.462 e. The highest BCUT2D eigenvalue weighted by Crippen LogP contribution is 2.80. The number of nitrogens with zero attached hydrogens (tertiary/aromatic N) is 1. The van der Waals surface area contributed by atoms with Crippen molar-refractivity contribution in [2.24, 2.45) is 34.5 Å². The molecule has 6 fully saturated rings. The molecule has 0 aromatic carbocycles. The Balaban J connectivity index is 1.62. The Kier molecular flexibility index (Phi) is 4.41. The lowest BCUT2D eigenvalue weighted by Crippen LogP contribution is -2.81. The Morgan fingerprint density at radius 3 is 2.56 bits per heavy atom. The number of hydrogen-bond acceptors (Lipinski definition) is 7. The number of carbonyl (C=O) groups excluding carboxylic acids is 1. The molecule has 12 atom stereocenters. The van der Waals surface area contributed by atoms with Gasteiger partial charge in [0.05, 0.1) is 29.3 Å². The lowest BCUT2D eigenvalue weighted by atomic mass is 9.41. The van der Waals surface area contributed by atoms with Crippen molar-refractivity contribution in [1.82, 2.24) is 4.90 Å². The van der Waals surface area contributed by atoms with Crippen molar-refractivity contribution in [3.05, 3.63) is 0 Å². The van der Waals surface area contributed by atoms with Crippen molar-refractivity contribution in [3.63, 3.8) is 0 Å². The Morgan fingerprint density at radius 1 is 1.19 bits per heavy atom. The molecule has 0 unspecified atom stereocenters. The van der Waals surface area contributed by atoms with Crippen LogP contribution in [0.1, 0.15) is 52.9 Å². The topological polar surface area (TPSA) is 88.5 Å². The summed E-state index contributed by atoms with van der Waals surface area (Å²) in [4.78, 5) is 14.7. The molecule has 1 heterocycles. The van der Waals surface area contributed by atoms with Gasteiger partial charge in [-0.25, -0.2) is 0 Å². The molecule has 0 amide bonds. The Morgan fingerprint density at radius 2 is 1.94 bits per heavy atom. The number of hydrogen-bond donors (Lipinski definition) is 2. The van der Waals surface area contributed by atoms with E-state index >= 15 is 0 Å². The van der Waals surface area contributed by atoms with Crippen LogP contribution in [0.15, 0.2) is 0 Å². The molecule has 5 saturated carbocycles. The minimum Gasteiger partial charge on any atom is -0.462 e. The maximum absolute atomic E-state index is 13.0. The molecule has 7 nitrogen and oxygen atoms in total. The maximum atomic E-state index is 13.0. The van der Waals surface area contributed by atoms with E-state index in [0.29, 0.717) is 12.8 Å². The van der Waals surface area contributed by atoms with Crippen LogP contribution >= 0.6 is 0 Å². The van der Waals surface area contributed by atoms with Crippen LogP contribution in [0, 0.1) is 34.5 Å². The van der Waals surface area contributed by atoms with Crippen LogP contribution in [0.3, 0.4) is 0 Å². The smallest absolute Gasteiger partial charge is 0.302 e. The van der Waals surface area contributed by atoms with Crippen LogP contribution in [-0.2, 0) is 19.0 Å². The van der Waals surface area contributed by atoms with Crippen LogP contribution in [0.2, 0.25) is 0 Å². The highest BCUT2D eigenvalue weighted by Gasteiger charge is 2.88. The summed E-state index contributed by atoms with van der Waals surface area (Å²) in [6, 6.07) is 0.0643. The van der Waals surface area contributed by atoms with E-state index < -0.39 is 28.6 Å². The average Bonchev–Trinajstić information content (AvgIpc) is 3.16. The summed E-state index contributed by atoms with van der Waals surface area (Å²) in [5, 5.41) is 25.5. The van der Waals surface area contributed by atoms with E-state index in [1.54, 1.807) is 14.2 Å². The fraction of sp³-hybridized carbons (Fsp3) is 0.960. The summed E-state index contributed by atoms with van der Waals surface area (Å²) in [6.45, 7) is 7.92. The molecular weight excluding hydrogens is 410 g/mol. The van der Waals surface area contributed by atoms with Crippen LogP contribution in [0.25, 0.3) is 0 Å². The molecule has 1 saturated heterocycles. The number of piperidine rings is 1. The summed E-state index contributed by atoms with van der Waals surface area (Å²) >= 11 is 0. The lowest BCUT2D eigenvalue weighted by molar-refractivity contribution is -0.324. The first-order valence-electron chi connectivity index (χ1n) is 12.5. The maximum Gasteiger partial charge on any atom is 0.302 e. The number of ether oxygens (including phenoxy) is 3. The molecule has 1 aliphatic heterocycles. The molecule has 180 valence electrons. The zero-order chi connectivity index (χ0) is 22.8. The molecule has 6 aliphatic rings. The zero-order valence-electron chi connectivity index (χ0n) is 20.0. The minimum atomic E-state index is -1.17. The van der Waals surface area contributed by atoms with Gasteiger partial charge in [-0.15, -0.1) is 0 Å². The van der Waals surface area contributed by atoms with Crippen LogP contribution in [-0.4, -0.2) is 83.9 Å². The van der Waals surface area contributed by atoms with E-state index in [2.05, 4.69) is 18.7 Å². The predicted molar refractivity (Wildman–Crippen MR) is 116 cm³/mol. The Hall–Kier alpha value is -0.730. The second-order valence-corrected chi connectivity index (χ2v) is 12.1. The SMILES string of the molecule is CCN1C[C@]2(C)CC[C@H](OC)[C@@]34[C@@H]2C[C@@H]([C@@H]13)[C@@]1(O)C[C@H](OC)[C@H]2C[C@]4(O)[C@@H]1[C@H]2OC(C)=O. The molecule has 1 spiro atoms. The minimum absolute atomic E-state index is 0.00468. The van der Waals surface area contributed by atoms with E-state index in [-0.39, 0.29) is 47.4 Å². The standard InChI is InChI=1S/C25H39NO6/c1-6-26-12-22(3)8-7-18(31-5)25-17(22)9-15(21(25)26)23(28)11-16(30-4)14-10-24(25,29)20(23)19(14)32-13(2)27/h14-21,28-29H,6-12H2,1-5H3/t14-,15+,16+,17-,18+,19+,20-,21-,22+,23+,24+,25+/m1/s1. The summed E-state index contributed by atoms with van der Waals surface area (Å²) in [5.41, 5.74) is -2.69. The normalized spacial score (nSPS) is 59.8. The number of methoxy groups -OCH3 is 2. The number of likely N-dealkylation sites (tertiary alicyclic amines) is 1. The van der Waals surface area contributed by atoms with Gasteiger partial charge in [-0.05, 0) is 43.6 Å². The highest BCUT2D eigenvalue weighted by molar-refractivity contribution is 5.66. The third-order valence-corrected chi connectivity index (χ3v) is 11.3. The van der Waals surface area contributed by atoms with Gasteiger partial charge in [0.15, 0.2) is 0 Å². The van der Waals surface area contributed by atoms with Gasteiger partial charge in [0.25, 0.3) is 0 Å². The molecule has 0 aromatic rings. The van der Waals surface area contributed by atoms with Crippen molar-refractivity contribution in [2.45, 2.75) is 88.4 Å². The molecule has 5 aliphatic carbocycles. The fourth-order valence-corrected chi connectivity index (χ4v) is 10.7. The van der Waals surface area contributed by atoms with Gasteiger partial charge in [-0.1, -0.05) is 13.8 Å². The Labute approximate surface area is 190 Å². The highest BCUT2D eigenvalue weighted by atomic mass is 16.6. The molecule has 7 heteroatoms. The second-order valence-electron chi connectivity index (χ2n) is 12.1. The summed E-state index contributed by atoms with van der Waals surface area (Å²) in [6.07, 6.45) is 3.03. The molecule has 2 N–H and O–H groups in total. The van der Waals surface area contributed by atoms with Crippen LogP contribution in [0.5, 0.6) is 0 Å². The number of rotatable bonds is 4. The summed E-state index contributed by atoms with van der Waals surface area (Å²) in [5.74, 6) is -0.687. The lowest BCUT2D eigenvalue weighted by Gasteiger charge is -2.71. The number of carbonyl (C=O) groups is 1. The van der Waals surface area contributed by atoms with Crippen LogP contribution < -0.4 is 0 Å². The first-order chi connectivity index (χ1) is 15.1. The zero-order valence-corrected chi connectivity index (χ0v) is 20.0. The fourth-order valence-electron chi connectivity index (χ4n) is 10.7. The number of fused-ring (bicyclic) bond motifs is 2. The van der Waals surface area contributed by atoms with E-state index in [9.17, 15) is 15.0 Å². The van der Waals surface area contributed by atoms with E-state index in [1.165, 1.54) is 6.92 Å². The van der Waals surface area contributed by atoms with E-state index in [0.717, 1.165) is 32.4 Å². The molecule has 6 rings (SSSR count). The van der Waals surface area contributed by atoms with Crippen molar-refractivity contribution < 1.29 is 29.2 Å². The van der Waals surface area contributed by atoms with Crippen molar-refractivity contribution in [1.29, 1.82) is 0 Å². The van der Waals surface area contributed by atoms with Crippen LogP contribution in [0.4, 0.5) is 0 Å². The van der Waals surface area contributed by atoms with Gasteiger partial charge in [0.1, 0.15) is 6.10 Å². The average molecular weight is 450 g/mol. The van der Waals surface area contributed by atoms with E-state index in [1.807, 2.05) is 0 Å². The van der Waals surface area contributed by atoms with Gasteiger partial charge in [-0.3, -0.25) is 9.69 Å². The third kappa shape index (κ3) is 2.11. The number of aliphatic hydroxyl groups is 2. The summed E-state index contributed by atoms with van der Waals surface area (Å²) in [7, 11) is 3.46. The first kappa shape index (κ1) is 21.8. The number of esters is 1. The van der Waals surface area contributed by atoms with Gasteiger partial charge in [-0.2, -0.15) is 0 Å². The monoisotopic (exact) mass is 449 g/mol. The molecule has 7 bridgehead atoms. The van der Waals surface area contributed by atoms with Gasteiger partial charge < -0.3 is 24.4 Å². The van der Waals surface area contributed by atoms with Crippen molar-refractivity contribution in [2.75, 3.05) is 27.3 Å². The molecular formula is C25H39NO6. The van der Waals surface area contributed by atoms with Gasteiger partial charge in [0, 0.05) is 57.4 Å². The van der Waals surface area contributed by atoms with E-state index in [4.69, 9.17) is 14.2 Å². The molecule has 0 aromatic heterocycles. The predicted octanol–water partition coefficient (Wildman–Crippen LogP) is 1.59. The summed E-state index contributed by atoms with van der Waals surface area (Å²) < 4.78 is 18.0.